The Kier molecular flexibility index (Phi) is 10.7. The first kappa shape index (κ1) is 28.0. The first-order valence-electron chi connectivity index (χ1n) is 12.0. The van der Waals surface area contributed by atoms with Crippen LogP contribution in [0.1, 0.15) is 69.6 Å². The number of aliphatic hydroxyl groups is 2. The minimum atomic E-state index is -0.880. The van der Waals surface area contributed by atoms with Crippen molar-refractivity contribution in [3.8, 4) is 5.75 Å². The van der Waals surface area contributed by atoms with Crippen molar-refractivity contribution in [2.45, 2.75) is 73.3 Å². The van der Waals surface area contributed by atoms with Gasteiger partial charge < -0.3 is 20.3 Å². The zero-order chi connectivity index (χ0) is 25.4. The summed E-state index contributed by atoms with van der Waals surface area (Å²) >= 11 is 1.62. The summed E-state index contributed by atoms with van der Waals surface area (Å²) in [7, 11) is 0. The van der Waals surface area contributed by atoms with Gasteiger partial charge >= 0.3 is 0 Å². The summed E-state index contributed by atoms with van der Waals surface area (Å²) in [4.78, 5) is 26.3. The highest BCUT2D eigenvalue weighted by Gasteiger charge is 2.19. The second-order valence-electron chi connectivity index (χ2n) is 9.29. The molecule has 0 aliphatic rings. The zero-order valence-electron chi connectivity index (χ0n) is 21.3. The summed E-state index contributed by atoms with van der Waals surface area (Å²) in [5, 5.41) is 21.2. The van der Waals surface area contributed by atoms with E-state index in [1.807, 2.05) is 19.9 Å². The molecule has 6 nitrogen and oxygen atoms in total. The summed E-state index contributed by atoms with van der Waals surface area (Å²) in [5.41, 5.74) is 5.54. The van der Waals surface area contributed by atoms with E-state index in [9.17, 15) is 14.7 Å². The Bertz CT molecular complexity index is 995. The van der Waals surface area contributed by atoms with Crippen LogP contribution in [0.5, 0.6) is 5.75 Å². The van der Waals surface area contributed by atoms with Gasteiger partial charge in [0.15, 0.2) is 5.78 Å². The number of amides is 1. The number of ether oxygens (including phenoxy) is 1. The third kappa shape index (κ3) is 7.65. The fourth-order valence-electron chi connectivity index (χ4n) is 4.10. The van der Waals surface area contributed by atoms with Crippen molar-refractivity contribution in [3.05, 3.63) is 49.7 Å². The number of ketones is 1. The quantitative estimate of drug-likeness (QED) is 0.368. The number of carbonyl (C=O) groups is 2. The number of hydrogen-bond donors (Lipinski definition) is 3. The Labute approximate surface area is 207 Å². The van der Waals surface area contributed by atoms with Crippen molar-refractivity contribution in [2.75, 3.05) is 19.8 Å². The molecule has 1 aromatic heterocycles. The number of rotatable bonds is 13. The molecule has 0 saturated carbocycles. The summed E-state index contributed by atoms with van der Waals surface area (Å²) in [5.74, 6) is 0.955. The van der Waals surface area contributed by atoms with Gasteiger partial charge in [-0.05, 0) is 73.8 Å². The van der Waals surface area contributed by atoms with E-state index in [1.54, 1.807) is 11.3 Å². The Morgan fingerprint density at radius 1 is 1.18 bits per heavy atom. The van der Waals surface area contributed by atoms with E-state index < -0.39 is 18.6 Å². The fraction of sp³-hybridized carbons (Fsp3) is 0.556. The van der Waals surface area contributed by atoms with E-state index in [0.29, 0.717) is 18.8 Å². The molecule has 0 radical (unpaired) electrons. The lowest BCUT2D eigenvalue weighted by molar-refractivity contribution is -0.124. The summed E-state index contributed by atoms with van der Waals surface area (Å²) < 4.78 is 5.87. The normalized spacial score (nSPS) is 12.1. The van der Waals surface area contributed by atoms with Crippen LogP contribution >= 0.6 is 11.3 Å². The zero-order valence-corrected chi connectivity index (χ0v) is 22.1. The van der Waals surface area contributed by atoms with E-state index in [-0.39, 0.29) is 18.9 Å². The third-order valence-electron chi connectivity index (χ3n) is 5.87. The molecular formula is C27H39NO5S. The molecule has 0 spiro atoms. The molecule has 0 fully saturated rings. The summed E-state index contributed by atoms with van der Waals surface area (Å²) in [6.45, 7) is 12.0. The van der Waals surface area contributed by atoms with Crippen molar-refractivity contribution in [3.63, 3.8) is 0 Å². The van der Waals surface area contributed by atoms with Gasteiger partial charge in [-0.1, -0.05) is 32.9 Å². The van der Waals surface area contributed by atoms with Crippen molar-refractivity contribution in [2.24, 2.45) is 5.92 Å². The first-order valence-corrected chi connectivity index (χ1v) is 12.8. The van der Waals surface area contributed by atoms with E-state index in [0.717, 1.165) is 45.7 Å². The predicted octanol–water partition coefficient (Wildman–Crippen LogP) is 4.10. The maximum atomic E-state index is 13.0. The second-order valence-corrected chi connectivity index (χ2v) is 10.5. The van der Waals surface area contributed by atoms with Gasteiger partial charge in [0.25, 0.3) is 0 Å². The molecule has 1 amide bonds. The van der Waals surface area contributed by atoms with Crippen LogP contribution in [-0.4, -0.2) is 47.8 Å². The molecule has 0 aliphatic carbocycles. The lowest BCUT2D eigenvalue weighted by Gasteiger charge is -2.18. The highest BCUT2D eigenvalue weighted by atomic mass is 32.1. The topological polar surface area (TPSA) is 95.9 Å². The van der Waals surface area contributed by atoms with Crippen molar-refractivity contribution < 1.29 is 24.5 Å². The molecule has 1 atom stereocenters. The Morgan fingerprint density at radius 2 is 1.88 bits per heavy atom. The first-order chi connectivity index (χ1) is 16.1. The maximum absolute atomic E-state index is 13.0. The van der Waals surface area contributed by atoms with Crippen LogP contribution in [0.3, 0.4) is 0 Å². The minimum absolute atomic E-state index is 0.0145. The van der Waals surface area contributed by atoms with Crippen molar-refractivity contribution in [1.82, 2.24) is 5.32 Å². The van der Waals surface area contributed by atoms with Crippen LogP contribution in [0, 0.1) is 26.7 Å². The van der Waals surface area contributed by atoms with Gasteiger partial charge in [-0.25, -0.2) is 0 Å². The molecule has 0 unspecified atom stereocenters. The van der Waals surface area contributed by atoms with Crippen LogP contribution < -0.4 is 10.1 Å². The molecular weight excluding hydrogens is 450 g/mol. The molecule has 0 bridgehead atoms. The fourth-order valence-corrected chi connectivity index (χ4v) is 5.26. The van der Waals surface area contributed by atoms with Crippen molar-refractivity contribution in [1.29, 1.82) is 0 Å². The Hall–Kier alpha value is -2.22. The van der Waals surface area contributed by atoms with E-state index in [2.05, 4.69) is 39.1 Å². The van der Waals surface area contributed by atoms with E-state index in [4.69, 9.17) is 9.84 Å². The average molecular weight is 490 g/mol. The monoisotopic (exact) mass is 489 g/mol. The number of nitrogens with one attached hydrogen (secondary N) is 1. The smallest absolute Gasteiger partial charge is 0.245 e. The number of hydrogen-bond acceptors (Lipinski definition) is 6. The average Bonchev–Trinajstić information content (AvgIpc) is 3.07. The van der Waals surface area contributed by atoms with Gasteiger partial charge in [0, 0.05) is 17.8 Å². The van der Waals surface area contributed by atoms with Crippen LogP contribution in [0.2, 0.25) is 0 Å². The molecule has 3 N–H and O–H groups in total. The summed E-state index contributed by atoms with van der Waals surface area (Å²) in [6.07, 6.45) is 2.02. The highest BCUT2D eigenvalue weighted by Crippen LogP contribution is 2.31. The second kappa shape index (κ2) is 13.0. The molecule has 188 valence electrons. The van der Waals surface area contributed by atoms with Crippen molar-refractivity contribution >= 4 is 23.0 Å². The summed E-state index contributed by atoms with van der Waals surface area (Å²) in [6, 6.07) is 4.12. The molecule has 1 aromatic carbocycles. The van der Waals surface area contributed by atoms with Gasteiger partial charge in [0.2, 0.25) is 5.91 Å². The van der Waals surface area contributed by atoms with Gasteiger partial charge in [0.1, 0.15) is 25.1 Å². The highest BCUT2D eigenvalue weighted by molar-refractivity contribution is 7.14. The molecule has 7 heteroatoms. The van der Waals surface area contributed by atoms with Gasteiger partial charge in [-0.2, -0.15) is 0 Å². The number of benzene rings is 1. The van der Waals surface area contributed by atoms with Gasteiger partial charge in [0.05, 0.1) is 4.88 Å². The lowest BCUT2D eigenvalue weighted by Crippen LogP contribution is -2.36. The van der Waals surface area contributed by atoms with Crippen LogP contribution in [0.15, 0.2) is 12.1 Å². The van der Waals surface area contributed by atoms with Crippen LogP contribution in [0.4, 0.5) is 0 Å². The van der Waals surface area contributed by atoms with Gasteiger partial charge in [-0.3, -0.25) is 9.59 Å². The van der Waals surface area contributed by atoms with E-state index in [1.165, 1.54) is 10.4 Å². The minimum Gasteiger partial charge on any atom is -0.490 e. The number of aryl methyl sites for hydroxylation is 4. The standard InChI is InChI=1S/C27H39NO5S/c1-7-21-12-20(11-17(4)26(21)33-15-22(30)13-28-25(32)14-29)8-9-24(31)27-18(5)23(10-16(2)3)19(6)34-27/h11-12,16,22,29-30H,7-10,13-15H2,1-6H3,(H,28,32)/t22-/m0/s1. The maximum Gasteiger partial charge on any atom is 0.245 e. The number of aliphatic hydroxyl groups excluding tert-OH is 2. The largest absolute Gasteiger partial charge is 0.490 e. The number of thiophene rings is 1. The van der Waals surface area contributed by atoms with Crippen LogP contribution in [-0.2, 0) is 24.1 Å². The molecule has 0 saturated heterocycles. The number of Topliss-reactive ketones (excluding diaryl/α,β-unsaturated/α-hetero) is 1. The Morgan fingerprint density at radius 3 is 2.50 bits per heavy atom. The van der Waals surface area contributed by atoms with Gasteiger partial charge in [-0.15, -0.1) is 11.3 Å². The third-order valence-corrected chi connectivity index (χ3v) is 7.16. The molecule has 34 heavy (non-hydrogen) atoms. The van der Waals surface area contributed by atoms with E-state index >= 15 is 0 Å². The predicted molar refractivity (Wildman–Crippen MR) is 137 cm³/mol. The molecule has 0 aliphatic heterocycles. The molecule has 1 heterocycles. The van der Waals surface area contributed by atoms with Crippen LogP contribution in [0.25, 0.3) is 0 Å². The SMILES string of the molecule is CCc1cc(CCC(=O)c2sc(C)c(CC(C)C)c2C)cc(C)c1OC[C@@H](O)CNC(=O)CO. The molecule has 2 aromatic rings. The lowest BCUT2D eigenvalue weighted by atomic mass is 9.96. The molecule has 2 rings (SSSR count). The Balaban J connectivity index is 2.04. The number of carbonyl (C=O) groups excluding carboxylic acids is 2.